The third-order valence-electron chi connectivity index (χ3n) is 0.100. The minimum Gasteiger partial charge on any atom is -0.422 e. The number of hydrogen-bond donors (Lipinski definition) is 0. The summed E-state index contributed by atoms with van der Waals surface area (Å²) < 4.78 is 0. The van der Waals surface area contributed by atoms with Gasteiger partial charge in [-0.15, -0.1) is 6.01 Å². The van der Waals surface area contributed by atoms with Crippen LogP contribution < -0.4 is 0 Å². The maximum Gasteiger partial charge on any atom is 0.0969 e. The number of aliphatic imine (C=N–C) groups is 1. The topological polar surface area (TPSA) is 58.5 Å². The highest BCUT2D eigenvalue weighted by atomic mass is 32.2. The SMILES string of the molecule is C[S+](C)C.N#CN=C=[N-]. The molecule has 50 valence electrons. The molecular weight excluding hydrogens is 134 g/mol. The van der Waals surface area contributed by atoms with Crippen LogP contribution in [0.1, 0.15) is 0 Å². The maximum atomic E-state index is 7.43. The number of hydrogen-bond acceptors (Lipinski definition) is 2. The Balaban J connectivity index is 0. The minimum absolute atomic E-state index is 0.639. The lowest BCUT2D eigenvalue weighted by Gasteiger charge is -1.69. The molecule has 0 aliphatic carbocycles. The lowest BCUT2D eigenvalue weighted by molar-refractivity contribution is 1.45. The first-order chi connectivity index (χ1) is 4.15. The normalized spacial score (nSPS) is 6.11. The zero-order chi connectivity index (χ0) is 7.70. The number of rotatable bonds is 0. The minimum atomic E-state index is 0.639. The molecule has 0 aromatic heterocycles. The third kappa shape index (κ3) is 132. The first kappa shape index (κ1) is 11.1. The molecule has 0 rings (SSSR count). The lowest BCUT2D eigenvalue weighted by atomic mass is 11.3. The Morgan fingerprint density at radius 3 is 1.78 bits per heavy atom. The molecule has 0 saturated heterocycles. The summed E-state index contributed by atoms with van der Waals surface area (Å²) in [5, 5.41) is 14.9. The van der Waals surface area contributed by atoms with Crippen LogP contribution in [0.15, 0.2) is 4.99 Å². The first-order valence-electron chi connectivity index (χ1n) is 2.12. The standard InChI is InChI=1S/C3H9S.C2N3/c1-4(2)3;3-1-5-2-4/h1-3H3;/q+1;-1. The maximum absolute atomic E-state index is 7.43. The molecule has 0 aliphatic heterocycles. The molecular formula is C5H9N3S. The van der Waals surface area contributed by atoms with Gasteiger partial charge in [-0.1, -0.05) is 0 Å². The van der Waals surface area contributed by atoms with Crippen LogP contribution >= 0.6 is 0 Å². The molecule has 0 N–H and O–H groups in total. The van der Waals surface area contributed by atoms with Gasteiger partial charge in [-0.05, 0) is 10.9 Å². The van der Waals surface area contributed by atoms with Gasteiger partial charge in [-0.25, -0.2) is 0 Å². The zero-order valence-electron chi connectivity index (χ0n) is 5.75. The molecule has 0 saturated carbocycles. The van der Waals surface area contributed by atoms with Crippen molar-refractivity contribution in [1.82, 2.24) is 0 Å². The predicted octanol–water partition coefficient (Wildman–Crippen LogP) is 0.705. The van der Waals surface area contributed by atoms with E-state index in [4.69, 9.17) is 10.7 Å². The highest BCUT2D eigenvalue weighted by molar-refractivity contribution is 7.94. The van der Waals surface area contributed by atoms with Crippen LogP contribution in [0.4, 0.5) is 0 Å². The Morgan fingerprint density at radius 1 is 1.44 bits per heavy atom. The summed E-state index contributed by atoms with van der Waals surface area (Å²) in [5.41, 5.74) is 0. The van der Waals surface area contributed by atoms with E-state index in [1.165, 1.54) is 12.2 Å². The van der Waals surface area contributed by atoms with Crippen LogP contribution in [-0.4, -0.2) is 24.8 Å². The molecule has 0 radical (unpaired) electrons. The molecule has 4 heteroatoms. The van der Waals surface area contributed by atoms with Crippen molar-refractivity contribution in [3.63, 3.8) is 0 Å². The summed E-state index contributed by atoms with van der Waals surface area (Å²) in [7, 11) is 0.639. The van der Waals surface area contributed by atoms with E-state index in [9.17, 15) is 0 Å². The quantitative estimate of drug-likeness (QED) is 0.280. The molecule has 0 bridgehead atoms. The molecule has 0 fully saturated rings. The van der Waals surface area contributed by atoms with Gasteiger partial charge in [0.05, 0.1) is 25.0 Å². The van der Waals surface area contributed by atoms with E-state index in [1.807, 2.05) is 0 Å². The van der Waals surface area contributed by atoms with Crippen molar-refractivity contribution >= 4 is 16.9 Å². The van der Waals surface area contributed by atoms with Crippen molar-refractivity contribution in [3.8, 4) is 6.19 Å². The van der Waals surface area contributed by atoms with Crippen LogP contribution in [0.2, 0.25) is 0 Å². The molecule has 0 spiro atoms. The van der Waals surface area contributed by atoms with Crippen molar-refractivity contribution in [2.75, 3.05) is 18.8 Å². The highest BCUT2D eigenvalue weighted by Crippen LogP contribution is 1.63. The van der Waals surface area contributed by atoms with E-state index in [-0.39, 0.29) is 0 Å². The van der Waals surface area contributed by atoms with Crippen molar-refractivity contribution in [3.05, 3.63) is 5.41 Å². The summed E-state index contributed by atoms with van der Waals surface area (Å²) in [4.78, 5) is 2.58. The van der Waals surface area contributed by atoms with Gasteiger partial charge in [0.1, 0.15) is 0 Å². The second-order valence-electron chi connectivity index (χ2n) is 1.54. The molecule has 9 heavy (non-hydrogen) atoms. The van der Waals surface area contributed by atoms with E-state index in [0.717, 1.165) is 0 Å². The molecule has 0 aliphatic rings. The van der Waals surface area contributed by atoms with Crippen LogP contribution in [-0.2, 0) is 10.9 Å². The first-order valence-corrected chi connectivity index (χ1v) is 4.57. The molecule has 0 atom stereocenters. The molecule has 0 unspecified atom stereocenters. The third-order valence-corrected chi connectivity index (χ3v) is 0.100. The fourth-order valence-electron chi connectivity index (χ4n) is 0.0224. The lowest BCUT2D eigenvalue weighted by Crippen LogP contribution is -1.84. The average Bonchev–Trinajstić information content (AvgIpc) is 1.66. The van der Waals surface area contributed by atoms with Gasteiger partial charge >= 0.3 is 0 Å². The Labute approximate surface area is 58.3 Å². The molecule has 0 heterocycles. The van der Waals surface area contributed by atoms with E-state index in [0.29, 0.717) is 10.9 Å². The fraction of sp³-hybridized carbons (Fsp3) is 0.600. The molecule has 0 amide bonds. The van der Waals surface area contributed by atoms with Crippen LogP contribution in [0.25, 0.3) is 5.41 Å². The van der Waals surface area contributed by atoms with E-state index >= 15 is 0 Å². The van der Waals surface area contributed by atoms with Gasteiger partial charge in [0, 0.05) is 0 Å². The monoisotopic (exact) mass is 143 g/mol. The van der Waals surface area contributed by atoms with Crippen LogP contribution in [0.5, 0.6) is 0 Å². The van der Waals surface area contributed by atoms with Crippen molar-refractivity contribution < 1.29 is 0 Å². The molecule has 0 aromatic rings. The van der Waals surface area contributed by atoms with Gasteiger partial charge in [0.15, 0.2) is 0 Å². The Bertz CT molecular complexity index is 127. The summed E-state index contributed by atoms with van der Waals surface area (Å²) in [6.07, 6.45) is 7.86. The Morgan fingerprint density at radius 2 is 1.78 bits per heavy atom. The number of nitriles is 1. The highest BCUT2D eigenvalue weighted by Gasteiger charge is 1.77. The molecule has 0 aromatic carbocycles. The summed E-state index contributed by atoms with van der Waals surface area (Å²) in [6, 6.07) is 1.28. The summed E-state index contributed by atoms with van der Waals surface area (Å²) in [6.45, 7) is 0. The second-order valence-corrected chi connectivity index (χ2v) is 3.99. The van der Waals surface area contributed by atoms with Crippen molar-refractivity contribution in [2.45, 2.75) is 0 Å². The smallest absolute Gasteiger partial charge is 0.0969 e. The van der Waals surface area contributed by atoms with E-state index < -0.39 is 0 Å². The predicted molar refractivity (Wildman–Crippen MR) is 41.5 cm³/mol. The van der Waals surface area contributed by atoms with Gasteiger partial charge in [-0.2, -0.15) is 5.26 Å². The van der Waals surface area contributed by atoms with Gasteiger partial charge in [-0.3, -0.25) is 0 Å². The van der Waals surface area contributed by atoms with Crippen LogP contribution in [0.3, 0.4) is 0 Å². The second kappa shape index (κ2) is 10.3. The molecule has 3 nitrogen and oxygen atoms in total. The zero-order valence-corrected chi connectivity index (χ0v) is 6.57. The van der Waals surface area contributed by atoms with Crippen molar-refractivity contribution in [2.24, 2.45) is 4.99 Å². The summed E-state index contributed by atoms with van der Waals surface area (Å²) >= 11 is 0. The van der Waals surface area contributed by atoms with E-state index in [1.54, 1.807) is 0 Å². The van der Waals surface area contributed by atoms with E-state index in [2.05, 4.69) is 23.8 Å². The van der Waals surface area contributed by atoms with Crippen LogP contribution in [0, 0.1) is 11.5 Å². The fourth-order valence-corrected chi connectivity index (χ4v) is 0.0224. The van der Waals surface area contributed by atoms with Gasteiger partial charge in [0.25, 0.3) is 0 Å². The number of nitrogens with zero attached hydrogens (tertiary/aromatic N) is 3. The largest absolute Gasteiger partial charge is 0.422 e. The van der Waals surface area contributed by atoms with Gasteiger partial charge in [0.2, 0.25) is 0 Å². The van der Waals surface area contributed by atoms with Gasteiger partial charge < -0.3 is 10.4 Å². The summed E-state index contributed by atoms with van der Waals surface area (Å²) in [5.74, 6) is 0. The average molecular weight is 143 g/mol. The Hall–Kier alpha value is -0.780. The Kier molecular flexibility index (Phi) is 12.6. The van der Waals surface area contributed by atoms with Crippen molar-refractivity contribution in [1.29, 1.82) is 5.26 Å².